The summed E-state index contributed by atoms with van der Waals surface area (Å²) in [5, 5.41) is 0. The van der Waals surface area contributed by atoms with Crippen LogP contribution in [-0.2, 0) is 0 Å². The highest BCUT2D eigenvalue weighted by atomic mass is 15.2. The van der Waals surface area contributed by atoms with E-state index in [2.05, 4.69) is 4.90 Å². The topological polar surface area (TPSA) is 6.48 Å². The number of hydrogen-bond acceptors (Lipinski definition) is 2. The van der Waals surface area contributed by atoms with Crippen molar-refractivity contribution < 1.29 is 8.22 Å². The quantitative estimate of drug-likeness (QED) is 0.598. The van der Waals surface area contributed by atoms with Gasteiger partial charge in [0, 0.05) is 33.4 Å². The average Bonchev–Trinajstić information content (AvgIpc) is 2.46. The van der Waals surface area contributed by atoms with E-state index in [0.29, 0.717) is 23.9 Å². The minimum Gasteiger partial charge on any atom is -0.305 e. The molecule has 1 rings (SSSR count). The standard InChI is InChI=1S/C9H20N2/c1-8(2)11-6-5-9(7-11)10(3)4/h8-9H,5-7H2,1-4H3/i3D3,4D3. The Morgan fingerprint density at radius 3 is 2.73 bits per heavy atom. The summed E-state index contributed by atoms with van der Waals surface area (Å²) in [6.07, 6.45) is 0.592. The molecule has 0 saturated carbocycles. The lowest BCUT2D eigenvalue weighted by Crippen LogP contribution is -2.34. The molecule has 1 saturated heterocycles. The van der Waals surface area contributed by atoms with Crippen molar-refractivity contribution in [1.82, 2.24) is 9.80 Å². The van der Waals surface area contributed by atoms with Gasteiger partial charge >= 0.3 is 0 Å². The highest BCUT2D eigenvalue weighted by Crippen LogP contribution is 2.15. The van der Waals surface area contributed by atoms with Crippen LogP contribution in [0.5, 0.6) is 0 Å². The zero-order valence-corrected chi connectivity index (χ0v) is 7.17. The average molecular weight is 162 g/mol. The lowest BCUT2D eigenvalue weighted by molar-refractivity contribution is 0.237. The van der Waals surface area contributed by atoms with Gasteiger partial charge in [-0.25, -0.2) is 0 Å². The number of likely N-dealkylation sites (N-methyl/N-ethyl adjacent to an activating group) is 1. The van der Waals surface area contributed by atoms with Crippen LogP contribution in [0.4, 0.5) is 0 Å². The highest BCUT2D eigenvalue weighted by molar-refractivity contribution is 4.82. The van der Waals surface area contributed by atoms with Crippen molar-refractivity contribution >= 4 is 0 Å². The van der Waals surface area contributed by atoms with Crippen LogP contribution in [0.1, 0.15) is 28.5 Å². The van der Waals surface area contributed by atoms with E-state index in [9.17, 15) is 0 Å². The molecule has 0 aromatic carbocycles. The van der Waals surface area contributed by atoms with E-state index < -0.39 is 20.0 Å². The molecule has 0 amide bonds. The summed E-state index contributed by atoms with van der Waals surface area (Å²) in [6.45, 7) is 0.181. The minimum atomic E-state index is -2.57. The van der Waals surface area contributed by atoms with Gasteiger partial charge in [-0.2, -0.15) is 0 Å². The van der Waals surface area contributed by atoms with E-state index in [1.165, 1.54) is 0 Å². The largest absolute Gasteiger partial charge is 0.305 e. The Morgan fingerprint density at radius 2 is 2.27 bits per heavy atom. The Balaban J connectivity index is 2.81. The fourth-order valence-corrected chi connectivity index (χ4v) is 1.45. The van der Waals surface area contributed by atoms with Crippen molar-refractivity contribution in [1.29, 1.82) is 0 Å². The molecule has 0 radical (unpaired) electrons. The second-order valence-electron chi connectivity index (χ2n) is 3.40. The van der Waals surface area contributed by atoms with Crippen molar-refractivity contribution in [3.63, 3.8) is 0 Å². The maximum Gasteiger partial charge on any atom is 0.0394 e. The van der Waals surface area contributed by atoms with Gasteiger partial charge in [-0.1, -0.05) is 0 Å². The molecule has 66 valence electrons. The first kappa shape index (κ1) is 3.75. The molecule has 2 nitrogen and oxygen atoms in total. The number of likely N-dealkylation sites (tertiary alicyclic amines) is 1. The van der Waals surface area contributed by atoms with Crippen molar-refractivity contribution in [3.8, 4) is 0 Å². The molecule has 0 aromatic rings. The molecule has 2 heteroatoms. The van der Waals surface area contributed by atoms with Gasteiger partial charge in [0.2, 0.25) is 0 Å². The molecule has 1 unspecified atom stereocenters. The van der Waals surface area contributed by atoms with Gasteiger partial charge < -0.3 is 4.90 Å². The maximum absolute atomic E-state index is 7.36. The maximum atomic E-state index is 7.36. The lowest BCUT2D eigenvalue weighted by atomic mass is 10.2. The van der Waals surface area contributed by atoms with E-state index in [1.54, 1.807) is 0 Å². The Kier molecular flexibility index (Phi) is 1.21. The normalized spacial score (nSPS) is 37.6. The molecule has 1 aliphatic rings. The first-order valence-electron chi connectivity index (χ1n) is 7.07. The third-order valence-electron chi connectivity index (χ3n) is 2.29. The van der Waals surface area contributed by atoms with Crippen LogP contribution < -0.4 is 0 Å². The molecule has 1 fully saturated rings. The Bertz CT molecular complexity index is 245. The molecule has 1 aliphatic heterocycles. The molecule has 0 N–H and O–H groups in total. The van der Waals surface area contributed by atoms with Crippen molar-refractivity contribution in [3.05, 3.63) is 0 Å². The van der Waals surface area contributed by atoms with Crippen LogP contribution >= 0.6 is 0 Å². The first-order valence-corrected chi connectivity index (χ1v) is 4.07. The smallest absolute Gasteiger partial charge is 0.0394 e. The fourth-order valence-electron chi connectivity index (χ4n) is 1.45. The molecular formula is C9H20N2. The number of hydrogen-bond donors (Lipinski definition) is 0. The van der Waals surface area contributed by atoms with Gasteiger partial charge in [-0.3, -0.25) is 4.90 Å². The van der Waals surface area contributed by atoms with Crippen LogP contribution in [0.3, 0.4) is 0 Å². The first-order chi connectivity index (χ1) is 7.53. The summed E-state index contributed by atoms with van der Waals surface area (Å²) in [6, 6.07) is -0.104. The summed E-state index contributed by atoms with van der Waals surface area (Å²) in [7, 11) is 0. The highest BCUT2D eigenvalue weighted by Gasteiger charge is 2.24. The Morgan fingerprint density at radius 1 is 1.55 bits per heavy atom. The van der Waals surface area contributed by atoms with Gasteiger partial charge in [-0.15, -0.1) is 0 Å². The summed E-state index contributed by atoms with van der Waals surface area (Å²) in [5.74, 6) is 0. The molecule has 0 spiro atoms. The molecule has 0 aliphatic carbocycles. The van der Waals surface area contributed by atoms with Crippen molar-refractivity contribution in [2.24, 2.45) is 0 Å². The summed E-state index contributed by atoms with van der Waals surface area (Å²) in [4.78, 5) is 2.82. The zero-order valence-electron chi connectivity index (χ0n) is 13.2. The molecular weight excluding hydrogens is 136 g/mol. The number of rotatable bonds is 2. The molecule has 0 aromatic heterocycles. The Labute approximate surface area is 78.6 Å². The number of nitrogens with zero attached hydrogens (tertiary/aromatic N) is 2. The van der Waals surface area contributed by atoms with Gasteiger partial charge in [-0.05, 0) is 34.2 Å². The monoisotopic (exact) mass is 162 g/mol. The summed E-state index contributed by atoms with van der Waals surface area (Å²) < 4.78 is 44.2. The second kappa shape index (κ2) is 3.55. The van der Waals surface area contributed by atoms with Crippen LogP contribution in [0.2, 0.25) is 0 Å². The van der Waals surface area contributed by atoms with Crippen LogP contribution in [-0.4, -0.2) is 48.9 Å². The SMILES string of the molecule is [2H]C([2H])([2H])N(C1CCN(C(C)C)C1)C([2H])([2H])[2H]. The van der Waals surface area contributed by atoms with Crippen molar-refractivity contribution in [2.45, 2.75) is 32.4 Å². The van der Waals surface area contributed by atoms with Gasteiger partial charge in [0.05, 0.1) is 0 Å². The molecule has 1 atom stereocenters. The van der Waals surface area contributed by atoms with E-state index in [4.69, 9.17) is 8.22 Å². The fraction of sp³-hybridized carbons (Fsp3) is 1.00. The third-order valence-corrected chi connectivity index (χ3v) is 2.29. The van der Waals surface area contributed by atoms with E-state index in [-0.39, 0.29) is 0 Å². The van der Waals surface area contributed by atoms with Crippen LogP contribution in [0.25, 0.3) is 0 Å². The molecule has 11 heavy (non-hydrogen) atoms. The van der Waals surface area contributed by atoms with Gasteiger partial charge in [0.1, 0.15) is 0 Å². The third kappa shape index (κ3) is 2.17. The van der Waals surface area contributed by atoms with Gasteiger partial charge in [0.15, 0.2) is 0 Å². The minimum absolute atomic E-state index is 0.315. The lowest BCUT2D eigenvalue weighted by Gasteiger charge is -2.22. The van der Waals surface area contributed by atoms with Crippen LogP contribution in [0, 0.1) is 0 Å². The van der Waals surface area contributed by atoms with Gasteiger partial charge in [0.25, 0.3) is 0 Å². The van der Waals surface area contributed by atoms with E-state index in [0.717, 1.165) is 6.54 Å². The summed E-state index contributed by atoms with van der Waals surface area (Å²) in [5.41, 5.74) is 0. The predicted octanol–water partition coefficient (Wildman–Crippen LogP) is 1.03. The van der Waals surface area contributed by atoms with Crippen molar-refractivity contribution in [2.75, 3.05) is 27.0 Å². The second-order valence-corrected chi connectivity index (χ2v) is 3.40. The predicted molar refractivity (Wildman–Crippen MR) is 48.8 cm³/mol. The van der Waals surface area contributed by atoms with Crippen LogP contribution in [0.15, 0.2) is 0 Å². The summed E-state index contributed by atoms with van der Waals surface area (Å²) >= 11 is 0. The molecule has 0 bridgehead atoms. The van der Waals surface area contributed by atoms with E-state index in [1.807, 2.05) is 13.8 Å². The Hall–Kier alpha value is -0.0800. The zero-order chi connectivity index (χ0) is 13.4. The molecule has 1 heterocycles. The van der Waals surface area contributed by atoms with E-state index >= 15 is 0 Å².